The molecule has 3 nitrogen and oxygen atoms in total. The Balaban J connectivity index is 1.51. The van der Waals surface area contributed by atoms with E-state index in [9.17, 15) is 4.21 Å². The van der Waals surface area contributed by atoms with Gasteiger partial charge in [0.15, 0.2) is 0 Å². The first-order chi connectivity index (χ1) is 11.9. The van der Waals surface area contributed by atoms with Gasteiger partial charge in [-0.3, -0.25) is 0 Å². The van der Waals surface area contributed by atoms with Crippen LogP contribution in [0.15, 0.2) is 53.4 Å². The molecule has 4 heteroatoms. The molecule has 2 aromatic carbocycles. The lowest BCUT2D eigenvalue weighted by molar-refractivity contribution is 0.676. The van der Waals surface area contributed by atoms with Crippen molar-refractivity contribution in [1.82, 2.24) is 5.32 Å². The lowest BCUT2D eigenvalue weighted by atomic mass is 9.95. The zero-order valence-corrected chi connectivity index (χ0v) is 15.7. The van der Waals surface area contributed by atoms with Gasteiger partial charge in [0.2, 0.25) is 0 Å². The number of hydrogen-bond donors (Lipinski definition) is 2. The molecule has 1 aliphatic heterocycles. The molecule has 4 rings (SSSR count). The predicted octanol–water partition coefficient (Wildman–Crippen LogP) is 3.77. The van der Waals surface area contributed by atoms with Gasteiger partial charge in [0.25, 0.3) is 0 Å². The number of nitrogens with one attached hydrogen (secondary N) is 2. The Kier molecular flexibility index (Phi) is 3.93. The summed E-state index contributed by atoms with van der Waals surface area (Å²) in [5.41, 5.74) is 3.85. The SMILES string of the molecule is C=S(=O)(Nc1ccc(C23CNCC2C3)cc1)c1ccc(C(C)C)cc1. The molecule has 1 aliphatic carbocycles. The first-order valence-corrected chi connectivity index (χ1v) is 10.7. The van der Waals surface area contributed by atoms with Gasteiger partial charge in [0.05, 0.1) is 9.71 Å². The zero-order valence-electron chi connectivity index (χ0n) is 14.9. The van der Waals surface area contributed by atoms with Gasteiger partial charge in [0.1, 0.15) is 0 Å². The Morgan fingerprint density at radius 2 is 1.84 bits per heavy atom. The quantitative estimate of drug-likeness (QED) is 0.803. The molecule has 1 heterocycles. The summed E-state index contributed by atoms with van der Waals surface area (Å²) in [5.74, 6) is 5.20. The van der Waals surface area contributed by atoms with E-state index >= 15 is 0 Å². The largest absolute Gasteiger partial charge is 0.316 e. The lowest BCUT2D eigenvalue weighted by Crippen LogP contribution is -2.19. The molecule has 132 valence electrons. The van der Waals surface area contributed by atoms with Crippen LogP contribution >= 0.6 is 0 Å². The molecule has 2 aliphatic rings. The van der Waals surface area contributed by atoms with E-state index in [1.165, 1.54) is 17.5 Å². The Morgan fingerprint density at radius 3 is 2.36 bits per heavy atom. The third kappa shape index (κ3) is 2.98. The van der Waals surface area contributed by atoms with Crippen LogP contribution in [0.4, 0.5) is 5.69 Å². The van der Waals surface area contributed by atoms with E-state index in [2.05, 4.69) is 41.9 Å². The number of benzene rings is 2. The maximum atomic E-state index is 13.0. The molecular weight excluding hydrogens is 328 g/mol. The molecular formula is C21H26N2OS. The molecule has 1 saturated carbocycles. The average Bonchev–Trinajstić information content (AvgIpc) is 3.16. The van der Waals surface area contributed by atoms with Crippen LogP contribution in [0.2, 0.25) is 0 Å². The Bertz CT molecular complexity index is 869. The van der Waals surface area contributed by atoms with Crippen molar-refractivity contribution in [2.24, 2.45) is 5.92 Å². The monoisotopic (exact) mass is 354 g/mol. The molecule has 0 bridgehead atoms. The number of rotatable bonds is 5. The van der Waals surface area contributed by atoms with Crippen LogP contribution < -0.4 is 10.0 Å². The van der Waals surface area contributed by atoms with Crippen molar-refractivity contribution in [3.05, 3.63) is 59.7 Å². The highest BCUT2D eigenvalue weighted by Gasteiger charge is 2.57. The van der Waals surface area contributed by atoms with Crippen LogP contribution in [-0.4, -0.2) is 23.2 Å². The maximum Gasteiger partial charge on any atom is 0.0738 e. The molecule has 3 unspecified atom stereocenters. The second-order valence-electron chi connectivity index (χ2n) is 7.77. The highest BCUT2D eigenvalue weighted by molar-refractivity contribution is 8.01. The maximum absolute atomic E-state index is 13.0. The normalized spacial score (nSPS) is 26.9. The standard InChI is InChI=1S/C21H26N2OS/c1-15(2)16-4-10-20(11-5-16)25(3,24)23-19-8-6-17(7-9-19)21-12-18(21)13-22-14-21/h4-11,15,18,22H,3,12-14H2,1-2H3,(H,23,24). The third-order valence-electron chi connectivity index (χ3n) is 5.73. The molecule has 2 N–H and O–H groups in total. The van der Waals surface area contributed by atoms with Crippen molar-refractivity contribution in [2.75, 3.05) is 17.8 Å². The molecule has 2 aromatic rings. The van der Waals surface area contributed by atoms with E-state index in [-0.39, 0.29) is 0 Å². The van der Waals surface area contributed by atoms with E-state index in [0.29, 0.717) is 11.3 Å². The third-order valence-corrected chi connectivity index (χ3v) is 7.33. The molecule has 25 heavy (non-hydrogen) atoms. The Morgan fingerprint density at radius 1 is 1.16 bits per heavy atom. The van der Waals surface area contributed by atoms with Gasteiger partial charge in [-0.15, -0.1) is 0 Å². The summed E-state index contributed by atoms with van der Waals surface area (Å²) in [4.78, 5) is 0.738. The van der Waals surface area contributed by atoms with E-state index in [1.807, 2.05) is 36.4 Å². The van der Waals surface area contributed by atoms with Crippen molar-refractivity contribution in [1.29, 1.82) is 0 Å². The van der Waals surface area contributed by atoms with Crippen LogP contribution in [-0.2, 0) is 15.1 Å². The second kappa shape index (κ2) is 5.89. The van der Waals surface area contributed by atoms with Crippen LogP contribution in [0.1, 0.15) is 37.3 Å². The lowest BCUT2D eigenvalue weighted by Gasteiger charge is -2.16. The molecule has 0 aromatic heterocycles. The Hall–Kier alpha value is -1.78. The van der Waals surface area contributed by atoms with Crippen molar-refractivity contribution in [3.8, 4) is 0 Å². The fraction of sp³-hybridized carbons (Fsp3) is 0.381. The molecule has 1 saturated heterocycles. The summed E-state index contributed by atoms with van der Waals surface area (Å²) < 4.78 is 16.1. The predicted molar refractivity (Wildman–Crippen MR) is 107 cm³/mol. The van der Waals surface area contributed by atoms with E-state index in [4.69, 9.17) is 0 Å². The van der Waals surface area contributed by atoms with Crippen molar-refractivity contribution < 1.29 is 4.21 Å². The Labute approximate surface area is 151 Å². The summed E-state index contributed by atoms with van der Waals surface area (Å²) >= 11 is 0. The number of anilines is 1. The van der Waals surface area contributed by atoms with E-state index < -0.39 is 9.71 Å². The molecule has 2 fully saturated rings. The summed E-state index contributed by atoms with van der Waals surface area (Å²) in [6.07, 6.45) is 1.29. The minimum absolute atomic E-state index is 0.358. The minimum Gasteiger partial charge on any atom is -0.316 e. The fourth-order valence-corrected chi connectivity index (χ4v) is 5.19. The van der Waals surface area contributed by atoms with Gasteiger partial charge >= 0.3 is 0 Å². The summed E-state index contributed by atoms with van der Waals surface area (Å²) in [6, 6.07) is 16.3. The molecule has 3 atom stereocenters. The van der Waals surface area contributed by atoms with Gasteiger partial charge in [0, 0.05) is 22.5 Å². The van der Waals surface area contributed by atoms with Crippen LogP contribution in [0, 0.1) is 5.92 Å². The van der Waals surface area contributed by atoms with E-state index in [1.54, 1.807) is 0 Å². The van der Waals surface area contributed by atoms with E-state index in [0.717, 1.165) is 29.6 Å². The number of piperidine rings is 1. The van der Waals surface area contributed by atoms with Gasteiger partial charge in [-0.2, -0.15) is 0 Å². The van der Waals surface area contributed by atoms with Crippen LogP contribution in [0.25, 0.3) is 0 Å². The van der Waals surface area contributed by atoms with Gasteiger partial charge in [-0.05, 0) is 66.1 Å². The molecule has 0 radical (unpaired) electrons. The second-order valence-corrected chi connectivity index (χ2v) is 9.79. The van der Waals surface area contributed by atoms with Crippen LogP contribution in [0.3, 0.4) is 0 Å². The summed E-state index contributed by atoms with van der Waals surface area (Å²) in [5, 5.41) is 3.48. The number of fused-ring (bicyclic) bond motifs is 1. The minimum atomic E-state index is -2.55. The van der Waals surface area contributed by atoms with Crippen LogP contribution in [0.5, 0.6) is 0 Å². The smallest absolute Gasteiger partial charge is 0.0738 e. The molecule has 0 amide bonds. The summed E-state index contributed by atoms with van der Waals surface area (Å²) in [7, 11) is -2.55. The first kappa shape index (κ1) is 16.7. The van der Waals surface area contributed by atoms with Gasteiger partial charge < -0.3 is 10.0 Å². The van der Waals surface area contributed by atoms with Gasteiger partial charge in [-0.25, -0.2) is 4.21 Å². The average molecular weight is 355 g/mol. The zero-order chi connectivity index (χ0) is 17.7. The summed E-state index contributed by atoms with van der Waals surface area (Å²) in [6.45, 7) is 6.53. The highest BCUT2D eigenvalue weighted by Crippen LogP contribution is 2.56. The molecule has 0 spiro atoms. The number of hydrogen-bond acceptors (Lipinski definition) is 2. The fourth-order valence-electron chi connectivity index (χ4n) is 3.98. The van der Waals surface area contributed by atoms with Crippen molar-refractivity contribution in [2.45, 2.75) is 36.5 Å². The van der Waals surface area contributed by atoms with Gasteiger partial charge in [-0.1, -0.05) is 38.1 Å². The first-order valence-electron chi connectivity index (χ1n) is 8.97. The topological polar surface area (TPSA) is 41.1 Å². The highest BCUT2D eigenvalue weighted by atomic mass is 32.2. The van der Waals surface area contributed by atoms with Crippen molar-refractivity contribution in [3.63, 3.8) is 0 Å². The van der Waals surface area contributed by atoms with Crippen molar-refractivity contribution >= 4 is 21.3 Å².